The maximum Gasteiger partial charge on any atom is 0.194 e. The summed E-state index contributed by atoms with van der Waals surface area (Å²) in [5.74, 6) is 2.41. The second-order valence-electron chi connectivity index (χ2n) is 6.76. The van der Waals surface area contributed by atoms with Crippen LogP contribution in [0.15, 0.2) is 23.2 Å². The minimum atomic E-state index is 0. The molecule has 0 aromatic heterocycles. The Kier molecular flexibility index (Phi) is 13.0. The number of hydrogen-bond donors (Lipinski definition) is 1. The van der Waals surface area contributed by atoms with Crippen LogP contribution < -0.4 is 14.8 Å². The standard InChI is InChI=1S/C21H35N3O4.HI/c1-5-22-21(23-16-17-7-8-19(26-3)20(15-17)27-4)24-11-9-18(10-12-24)28-14-6-13-25-2;/h7-8,15,18H,5-6,9-14,16H2,1-4H3,(H,22,23);1H. The van der Waals surface area contributed by atoms with Crippen molar-refractivity contribution in [3.05, 3.63) is 23.8 Å². The van der Waals surface area contributed by atoms with Gasteiger partial charge in [0.15, 0.2) is 17.5 Å². The van der Waals surface area contributed by atoms with Crippen LogP contribution in [0, 0.1) is 0 Å². The highest BCUT2D eigenvalue weighted by Crippen LogP contribution is 2.27. The van der Waals surface area contributed by atoms with Gasteiger partial charge in [0.2, 0.25) is 0 Å². The molecule has 1 saturated heterocycles. The lowest BCUT2D eigenvalue weighted by Gasteiger charge is -2.34. The Hall–Kier alpha value is -1.26. The highest BCUT2D eigenvalue weighted by atomic mass is 127. The third-order valence-corrected chi connectivity index (χ3v) is 4.78. The van der Waals surface area contributed by atoms with E-state index in [2.05, 4.69) is 17.1 Å². The quantitative estimate of drug-likeness (QED) is 0.221. The summed E-state index contributed by atoms with van der Waals surface area (Å²) in [7, 11) is 5.02. The summed E-state index contributed by atoms with van der Waals surface area (Å²) >= 11 is 0. The van der Waals surface area contributed by atoms with Crippen molar-refractivity contribution in [2.24, 2.45) is 4.99 Å². The van der Waals surface area contributed by atoms with E-state index in [1.807, 2.05) is 18.2 Å². The van der Waals surface area contributed by atoms with Crippen molar-refractivity contribution in [1.82, 2.24) is 10.2 Å². The molecule has 0 spiro atoms. The fourth-order valence-electron chi connectivity index (χ4n) is 3.26. The van der Waals surface area contributed by atoms with Gasteiger partial charge in [-0.3, -0.25) is 0 Å². The molecule has 1 aliphatic rings. The van der Waals surface area contributed by atoms with Gasteiger partial charge in [-0.05, 0) is 43.9 Å². The lowest BCUT2D eigenvalue weighted by molar-refractivity contribution is 0.00990. The molecule has 7 nitrogen and oxygen atoms in total. The van der Waals surface area contributed by atoms with Crippen LogP contribution in [0.2, 0.25) is 0 Å². The van der Waals surface area contributed by atoms with E-state index in [0.29, 0.717) is 12.6 Å². The predicted octanol–water partition coefficient (Wildman–Crippen LogP) is 3.30. The molecule has 29 heavy (non-hydrogen) atoms. The highest BCUT2D eigenvalue weighted by Gasteiger charge is 2.21. The van der Waals surface area contributed by atoms with E-state index in [1.54, 1.807) is 21.3 Å². The van der Waals surface area contributed by atoms with Gasteiger partial charge in [0.05, 0.1) is 26.9 Å². The molecule has 1 aromatic rings. The minimum Gasteiger partial charge on any atom is -0.493 e. The molecule has 1 aliphatic heterocycles. The average Bonchev–Trinajstić information content (AvgIpc) is 2.74. The van der Waals surface area contributed by atoms with E-state index < -0.39 is 0 Å². The van der Waals surface area contributed by atoms with Gasteiger partial charge in [0.25, 0.3) is 0 Å². The first kappa shape index (κ1) is 25.8. The van der Waals surface area contributed by atoms with Crippen molar-refractivity contribution >= 4 is 29.9 Å². The molecule has 1 fully saturated rings. The number of ether oxygens (including phenoxy) is 4. The zero-order valence-electron chi connectivity index (χ0n) is 18.1. The van der Waals surface area contributed by atoms with E-state index in [4.69, 9.17) is 23.9 Å². The zero-order chi connectivity index (χ0) is 20.2. The molecule has 0 amide bonds. The van der Waals surface area contributed by atoms with Gasteiger partial charge in [-0.1, -0.05) is 6.07 Å². The van der Waals surface area contributed by atoms with Crippen molar-refractivity contribution in [3.63, 3.8) is 0 Å². The highest BCUT2D eigenvalue weighted by molar-refractivity contribution is 14.0. The maximum atomic E-state index is 5.96. The average molecular weight is 521 g/mol. The molecule has 8 heteroatoms. The lowest BCUT2D eigenvalue weighted by atomic mass is 10.1. The first-order valence-electron chi connectivity index (χ1n) is 10.1. The van der Waals surface area contributed by atoms with Crippen LogP contribution in [0.25, 0.3) is 0 Å². The second-order valence-corrected chi connectivity index (χ2v) is 6.76. The fraction of sp³-hybridized carbons (Fsp3) is 0.667. The summed E-state index contributed by atoms with van der Waals surface area (Å²) in [5.41, 5.74) is 1.09. The SMILES string of the molecule is CCNC(=NCc1ccc(OC)c(OC)c1)N1CCC(OCCCOC)CC1.I. The van der Waals surface area contributed by atoms with Gasteiger partial charge in [0, 0.05) is 40.0 Å². The van der Waals surface area contributed by atoms with E-state index in [1.165, 1.54) is 0 Å². The van der Waals surface area contributed by atoms with Crippen LogP contribution in [0.3, 0.4) is 0 Å². The molecule has 0 aliphatic carbocycles. The first-order chi connectivity index (χ1) is 13.7. The minimum absolute atomic E-state index is 0. The zero-order valence-corrected chi connectivity index (χ0v) is 20.4. The fourth-order valence-corrected chi connectivity index (χ4v) is 3.26. The van der Waals surface area contributed by atoms with Crippen LogP contribution in [0.5, 0.6) is 11.5 Å². The monoisotopic (exact) mass is 521 g/mol. The molecule has 1 heterocycles. The number of methoxy groups -OCH3 is 3. The molecule has 0 unspecified atom stereocenters. The van der Waals surface area contributed by atoms with Crippen LogP contribution >= 0.6 is 24.0 Å². The Morgan fingerprint density at radius 1 is 1.10 bits per heavy atom. The van der Waals surface area contributed by atoms with Gasteiger partial charge >= 0.3 is 0 Å². The number of piperidine rings is 1. The first-order valence-corrected chi connectivity index (χ1v) is 10.1. The molecule has 0 radical (unpaired) electrons. The van der Waals surface area contributed by atoms with Crippen molar-refractivity contribution in [2.45, 2.75) is 38.8 Å². The smallest absolute Gasteiger partial charge is 0.194 e. The summed E-state index contributed by atoms with van der Waals surface area (Å²) in [6.07, 6.45) is 3.33. The number of nitrogens with one attached hydrogen (secondary N) is 1. The number of guanidine groups is 1. The summed E-state index contributed by atoms with van der Waals surface area (Å²) in [6.45, 7) is 6.96. The van der Waals surface area contributed by atoms with Crippen molar-refractivity contribution in [1.29, 1.82) is 0 Å². The van der Waals surface area contributed by atoms with Gasteiger partial charge in [-0.2, -0.15) is 0 Å². The largest absolute Gasteiger partial charge is 0.493 e. The Bertz CT molecular complexity index is 608. The predicted molar refractivity (Wildman–Crippen MR) is 127 cm³/mol. The number of hydrogen-bond acceptors (Lipinski definition) is 5. The number of rotatable bonds is 10. The summed E-state index contributed by atoms with van der Waals surface area (Å²) < 4.78 is 21.7. The molecule has 0 atom stereocenters. The lowest BCUT2D eigenvalue weighted by Crippen LogP contribution is -2.47. The summed E-state index contributed by atoms with van der Waals surface area (Å²) in [4.78, 5) is 7.15. The van der Waals surface area contributed by atoms with Crippen LogP contribution in [0.1, 0.15) is 31.7 Å². The van der Waals surface area contributed by atoms with Crippen LogP contribution in [0.4, 0.5) is 0 Å². The molecule has 1 aromatic carbocycles. The molecule has 0 bridgehead atoms. The number of halogens is 1. The molecule has 2 rings (SSSR count). The van der Waals surface area contributed by atoms with Crippen molar-refractivity contribution in [2.75, 3.05) is 54.2 Å². The maximum absolute atomic E-state index is 5.96. The molecular weight excluding hydrogens is 485 g/mol. The van der Waals surface area contributed by atoms with Crippen LogP contribution in [-0.4, -0.2) is 71.1 Å². The van der Waals surface area contributed by atoms with Gasteiger partial charge in [0.1, 0.15) is 0 Å². The third kappa shape index (κ3) is 8.55. The molecule has 0 saturated carbocycles. The van der Waals surface area contributed by atoms with Crippen molar-refractivity contribution < 1.29 is 18.9 Å². The third-order valence-electron chi connectivity index (χ3n) is 4.78. The Balaban J connectivity index is 0.00000420. The Labute approximate surface area is 192 Å². The Morgan fingerprint density at radius 3 is 2.45 bits per heavy atom. The number of aliphatic imine (C=N–C) groups is 1. The van der Waals surface area contributed by atoms with E-state index in [-0.39, 0.29) is 24.0 Å². The van der Waals surface area contributed by atoms with E-state index in [9.17, 15) is 0 Å². The van der Waals surface area contributed by atoms with E-state index in [0.717, 1.165) is 75.1 Å². The van der Waals surface area contributed by atoms with Crippen molar-refractivity contribution in [3.8, 4) is 11.5 Å². The van der Waals surface area contributed by atoms with Gasteiger partial charge in [-0.25, -0.2) is 4.99 Å². The van der Waals surface area contributed by atoms with E-state index >= 15 is 0 Å². The van der Waals surface area contributed by atoms with Gasteiger partial charge < -0.3 is 29.2 Å². The number of benzene rings is 1. The Morgan fingerprint density at radius 2 is 1.83 bits per heavy atom. The van der Waals surface area contributed by atoms with Crippen LogP contribution in [-0.2, 0) is 16.0 Å². The summed E-state index contributed by atoms with van der Waals surface area (Å²) in [6, 6.07) is 5.92. The summed E-state index contributed by atoms with van der Waals surface area (Å²) in [5, 5.41) is 3.41. The number of likely N-dealkylation sites (tertiary alicyclic amines) is 1. The topological polar surface area (TPSA) is 64.6 Å². The molecule has 166 valence electrons. The molecule has 1 N–H and O–H groups in total. The second kappa shape index (κ2) is 14.7. The molecular formula is C21H36IN3O4. The number of nitrogens with zero attached hydrogens (tertiary/aromatic N) is 2. The normalized spacial score (nSPS) is 15.0. The van der Waals surface area contributed by atoms with Gasteiger partial charge in [-0.15, -0.1) is 24.0 Å².